The molecule has 0 atom stereocenters. The molecule has 0 aliphatic carbocycles. The highest BCUT2D eigenvalue weighted by molar-refractivity contribution is 6.03. The Morgan fingerprint density at radius 2 is 1.81 bits per heavy atom. The van der Waals surface area contributed by atoms with E-state index < -0.39 is 0 Å². The van der Waals surface area contributed by atoms with Crippen molar-refractivity contribution >= 4 is 17.6 Å². The number of ketones is 1. The van der Waals surface area contributed by atoms with Crippen LogP contribution in [0.1, 0.15) is 52.9 Å². The van der Waals surface area contributed by atoms with E-state index in [4.69, 9.17) is 0 Å². The fourth-order valence-electron chi connectivity index (χ4n) is 2.40. The molecule has 1 heterocycles. The van der Waals surface area contributed by atoms with E-state index in [-0.39, 0.29) is 24.1 Å². The van der Waals surface area contributed by atoms with Crippen molar-refractivity contribution < 1.29 is 14.4 Å². The maximum atomic E-state index is 12.5. The standard InChI is InChI=1S/C15H23N3O3/c1-6-16-12(20)8-18(7-2)15(21)14-9(3)13(11(5)19)10(4)17-14/h17H,6-8H2,1-5H3,(H,16,20). The van der Waals surface area contributed by atoms with Crippen LogP contribution in [0.15, 0.2) is 0 Å². The molecule has 0 radical (unpaired) electrons. The third-order valence-corrected chi connectivity index (χ3v) is 3.38. The number of amides is 2. The number of Topliss-reactive ketones (excluding diaryl/α,β-unsaturated/α-hetero) is 1. The third kappa shape index (κ3) is 3.71. The second kappa shape index (κ2) is 7.06. The lowest BCUT2D eigenvalue weighted by Gasteiger charge is -2.20. The lowest BCUT2D eigenvalue weighted by atomic mass is 10.1. The molecule has 0 bridgehead atoms. The van der Waals surface area contributed by atoms with Crippen LogP contribution in [0, 0.1) is 13.8 Å². The Morgan fingerprint density at radius 3 is 2.24 bits per heavy atom. The van der Waals surface area contributed by atoms with Crippen LogP contribution in [0.25, 0.3) is 0 Å². The minimum absolute atomic E-state index is 0.0100. The van der Waals surface area contributed by atoms with E-state index in [2.05, 4.69) is 10.3 Å². The van der Waals surface area contributed by atoms with Gasteiger partial charge in [-0.05, 0) is 40.2 Å². The van der Waals surface area contributed by atoms with E-state index >= 15 is 0 Å². The smallest absolute Gasteiger partial charge is 0.271 e. The summed E-state index contributed by atoms with van der Waals surface area (Å²) in [6.07, 6.45) is 0. The maximum absolute atomic E-state index is 12.5. The Morgan fingerprint density at radius 1 is 1.19 bits per heavy atom. The van der Waals surface area contributed by atoms with Gasteiger partial charge in [0.25, 0.3) is 5.91 Å². The highest BCUT2D eigenvalue weighted by Crippen LogP contribution is 2.19. The van der Waals surface area contributed by atoms with E-state index in [0.29, 0.717) is 35.6 Å². The summed E-state index contributed by atoms with van der Waals surface area (Å²) in [5.74, 6) is -0.538. The largest absolute Gasteiger partial charge is 0.355 e. The first kappa shape index (κ1) is 16.9. The number of hydrogen-bond acceptors (Lipinski definition) is 3. The molecule has 0 aromatic carbocycles. The third-order valence-electron chi connectivity index (χ3n) is 3.38. The number of likely N-dealkylation sites (N-methyl/N-ethyl adjacent to an activating group) is 2. The quantitative estimate of drug-likeness (QED) is 0.778. The zero-order chi connectivity index (χ0) is 16.2. The highest BCUT2D eigenvalue weighted by Gasteiger charge is 2.24. The molecule has 0 spiro atoms. The van der Waals surface area contributed by atoms with Crippen LogP contribution >= 0.6 is 0 Å². The lowest BCUT2D eigenvalue weighted by Crippen LogP contribution is -2.40. The van der Waals surface area contributed by atoms with Crippen LogP contribution in [-0.4, -0.2) is 47.1 Å². The van der Waals surface area contributed by atoms with E-state index in [9.17, 15) is 14.4 Å². The second-order valence-corrected chi connectivity index (χ2v) is 4.95. The van der Waals surface area contributed by atoms with E-state index in [1.807, 2.05) is 13.8 Å². The minimum atomic E-state index is -0.267. The molecule has 6 nitrogen and oxygen atoms in total. The molecule has 0 unspecified atom stereocenters. The van der Waals surface area contributed by atoms with Crippen LogP contribution in [0.3, 0.4) is 0 Å². The molecule has 0 fully saturated rings. The number of hydrogen-bond donors (Lipinski definition) is 2. The number of nitrogens with one attached hydrogen (secondary N) is 2. The molecule has 2 N–H and O–H groups in total. The predicted octanol–water partition coefficient (Wildman–Crippen LogP) is 1.43. The number of carbonyl (C=O) groups is 3. The summed E-state index contributed by atoms with van der Waals surface area (Å²) in [7, 11) is 0. The van der Waals surface area contributed by atoms with Gasteiger partial charge in [-0.3, -0.25) is 14.4 Å². The van der Waals surface area contributed by atoms with Gasteiger partial charge >= 0.3 is 0 Å². The van der Waals surface area contributed by atoms with Crippen molar-refractivity contribution in [2.75, 3.05) is 19.6 Å². The van der Waals surface area contributed by atoms with Crippen LogP contribution in [0.5, 0.6) is 0 Å². The average Bonchev–Trinajstić information content (AvgIpc) is 2.70. The molecule has 6 heteroatoms. The monoisotopic (exact) mass is 293 g/mol. The summed E-state index contributed by atoms with van der Waals surface area (Å²) in [4.78, 5) is 40.2. The van der Waals surface area contributed by atoms with Gasteiger partial charge in [-0.25, -0.2) is 0 Å². The fraction of sp³-hybridized carbons (Fsp3) is 0.533. The van der Waals surface area contributed by atoms with Gasteiger partial charge in [0, 0.05) is 24.3 Å². The summed E-state index contributed by atoms with van der Waals surface area (Å²) in [6, 6.07) is 0. The Kier molecular flexibility index (Phi) is 5.69. The second-order valence-electron chi connectivity index (χ2n) is 4.95. The van der Waals surface area contributed by atoms with Crippen molar-refractivity contribution in [3.63, 3.8) is 0 Å². The normalized spacial score (nSPS) is 10.3. The molecule has 0 aliphatic rings. The molecule has 0 saturated heterocycles. The summed E-state index contributed by atoms with van der Waals surface area (Å²) in [6.45, 7) is 9.58. The Hall–Kier alpha value is -2.11. The zero-order valence-electron chi connectivity index (χ0n) is 13.3. The lowest BCUT2D eigenvalue weighted by molar-refractivity contribution is -0.121. The topological polar surface area (TPSA) is 82.3 Å². The molecule has 1 aromatic heterocycles. The Labute approximate surface area is 124 Å². The molecular formula is C15H23N3O3. The van der Waals surface area contributed by atoms with Crippen molar-refractivity contribution in [2.24, 2.45) is 0 Å². The first-order valence-electron chi connectivity index (χ1n) is 7.09. The first-order valence-corrected chi connectivity index (χ1v) is 7.09. The SMILES string of the molecule is CCNC(=O)CN(CC)C(=O)c1[nH]c(C)c(C(C)=O)c1C. The molecule has 21 heavy (non-hydrogen) atoms. The van der Waals surface area contributed by atoms with Crippen molar-refractivity contribution in [3.8, 4) is 0 Å². The molecule has 0 aliphatic heterocycles. The molecule has 116 valence electrons. The van der Waals surface area contributed by atoms with Crippen LogP contribution in [-0.2, 0) is 4.79 Å². The number of H-pyrrole nitrogens is 1. The minimum Gasteiger partial charge on any atom is -0.355 e. The zero-order valence-corrected chi connectivity index (χ0v) is 13.3. The van der Waals surface area contributed by atoms with E-state index in [1.165, 1.54) is 11.8 Å². The number of rotatable bonds is 6. The predicted molar refractivity (Wildman–Crippen MR) is 80.5 cm³/mol. The van der Waals surface area contributed by atoms with Gasteiger partial charge in [0.15, 0.2) is 5.78 Å². The summed E-state index contributed by atoms with van der Waals surface area (Å²) in [5, 5.41) is 2.67. The number of carbonyl (C=O) groups excluding carboxylic acids is 3. The molecule has 2 amide bonds. The van der Waals surface area contributed by atoms with Gasteiger partial charge in [-0.1, -0.05) is 0 Å². The van der Waals surface area contributed by atoms with Gasteiger partial charge in [0.05, 0.1) is 6.54 Å². The summed E-state index contributed by atoms with van der Waals surface area (Å²) < 4.78 is 0. The van der Waals surface area contributed by atoms with Crippen molar-refractivity contribution in [2.45, 2.75) is 34.6 Å². The van der Waals surface area contributed by atoms with Gasteiger partial charge in [-0.2, -0.15) is 0 Å². The molecule has 1 rings (SSSR count). The summed E-state index contributed by atoms with van der Waals surface area (Å²) >= 11 is 0. The van der Waals surface area contributed by atoms with E-state index in [0.717, 1.165) is 0 Å². The van der Waals surface area contributed by atoms with Crippen LogP contribution in [0.4, 0.5) is 0 Å². The summed E-state index contributed by atoms with van der Waals surface area (Å²) in [5.41, 5.74) is 2.24. The van der Waals surface area contributed by atoms with Crippen molar-refractivity contribution in [1.29, 1.82) is 0 Å². The fourth-order valence-corrected chi connectivity index (χ4v) is 2.40. The Bertz CT molecular complexity index is 561. The van der Waals surface area contributed by atoms with Crippen LogP contribution in [0.2, 0.25) is 0 Å². The number of aromatic amines is 1. The molecular weight excluding hydrogens is 270 g/mol. The number of aromatic nitrogens is 1. The number of nitrogens with zero attached hydrogens (tertiary/aromatic N) is 1. The van der Waals surface area contributed by atoms with Crippen LogP contribution < -0.4 is 5.32 Å². The van der Waals surface area contributed by atoms with Crippen molar-refractivity contribution in [3.05, 3.63) is 22.5 Å². The molecule has 1 aromatic rings. The van der Waals surface area contributed by atoms with Crippen molar-refractivity contribution in [1.82, 2.24) is 15.2 Å². The first-order chi connectivity index (χ1) is 9.83. The van der Waals surface area contributed by atoms with Gasteiger partial charge in [0.2, 0.25) is 5.91 Å². The van der Waals surface area contributed by atoms with Gasteiger partial charge in [-0.15, -0.1) is 0 Å². The van der Waals surface area contributed by atoms with Gasteiger partial charge < -0.3 is 15.2 Å². The van der Waals surface area contributed by atoms with E-state index in [1.54, 1.807) is 13.8 Å². The Balaban J connectivity index is 3.03. The highest BCUT2D eigenvalue weighted by atomic mass is 16.2. The maximum Gasteiger partial charge on any atom is 0.271 e. The average molecular weight is 293 g/mol. The molecule has 0 saturated carbocycles. The number of aryl methyl sites for hydroxylation is 1. The van der Waals surface area contributed by atoms with Gasteiger partial charge in [0.1, 0.15) is 5.69 Å².